The topological polar surface area (TPSA) is 118 Å². The molecule has 2 aliphatic heterocycles. The second kappa shape index (κ2) is 9.61. The summed E-state index contributed by atoms with van der Waals surface area (Å²) in [5.41, 5.74) is 0.688. The van der Waals surface area contributed by atoms with E-state index in [1.807, 2.05) is 0 Å². The first-order valence-electron chi connectivity index (χ1n) is 11.3. The van der Waals surface area contributed by atoms with Crippen molar-refractivity contribution < 1.29 is 19.4 Å². The number of halogens is 1. The first-order valence-corrected chi connectivity index (χ1v) is 12.6. The third-order valence-electron chi connectivity index (χ3n) is 6.77. The summed E-state index contributed by atoms with van der Waals surface area (Å²) in [6, 6.07) is 0.581. The van der Waals surface area contributed by atoms with E-state index in [9.17, 15) is 14.7 Å². The number of carbonyl (C=O) groups excluding carboxylic acids is 2. The molecule has 2 aromatic heterocycles. The molecule has 2 amide bonds. The molecular weight excluding hydrogens is 466 g/mol. The largest absolute Gasteiger partial charge is 0.388 e. The Hall–Kier alpha value is -2.14. The van der Waals surface area contributed by atoms with Gasteiger partial charge in [-0.2, -0.15) is 0 Å². The highest BCUT2D eigenvalue weighted by molar-refractivity contribution is 7.16. The van der Waals surface area contributed by atoms with E-state index in [4.69, 9.17) is 16.3 Å². The van der Waals surface area contributed by atoms with E-state index in [0.29, 0.717) is 12.2 Å². The molecule has 3 fully saturated rings. The van der Waals surface area contributed by atoms with Crippen molar-refractivity contribution in [3.8, 4) is 10.6 Å². The smallest absolute Gasteiger partial charge is 0.280 e. The summed E-state index contributed by atoms with van der Waals surface area (Å²) in [4.78, 5) is 41.6. The fraction of sp³-hybridized carbons (Fsp3) is 0.591. The molecule has 5 rings (SSSR count). The van der Waals surface area contributed by atoms with Crippen LogP contribution in [0, 0.1) is 5.92 Å². The molecular formula is C22H26ClN5O4S. The van der Waals surface area contributed by atoms with Crippen molar-refractivity contribution >= 4 is 34.8 Å². The number of likely N-dealkylation sites (tertiary alicyclic amines) is 1. The van der Waals surface area contributed by atoms with Gasteiger partial charge in [-0.3, -0.25) is 9.59 Å². The molecule has 176 valence electrons. The number of carbonyl (C=O) groups is 2. The average Bonchev–Trinajstić information content (AvgIpc) is 3.56. The van der Waals surface area contributed by atoms with Gasteiger partial charge in [0.15, 0.2) is 5.01 Å². The van der Waals surface area contributed by atoms with Gasteiger partial charge in [0.1, 0.15) is 18.5 Å². The first kappa shape index (κ1) is 22.6. The molecule has 3 aliphatic rings. The number of aliphatic hydroxyl groups excluding tert-OH is 1. The fourth-order valence-corrected chi connectivity index (χ4v) is 6.31. The van der Waals surface area contributed by atoms with Gasteiger partial charge in [-0.1, -0.05) is 19.3 Å². The van der Waals surface area contributed by atoms with E-state index in [1.54, 1.807) is 23.4 Å². The van der Waals surface area contributed by atoms with Crippen LogP contribution in [0.15, 0.2) is 24.8 Å². The molecule has 2 aromatic rings. The van der Waals surface area contributed by atoms with Crippen molar-refractivity contribution in [3.05, 3.63) is 29.8 Å². The summed E-state index contributed by atoms with van der Waals surface area (Å²) in [6.07, 6.45) is 8.43. The molecule has 4 heterocycles. The molecule has 33 heavy (non-hydrogen) atoms. The predicted molar refractivity (Wildman–Crippen MR) is 122 cm³/mol. The van der Waals surface area contributed by atoms with Gasteiger partial charge in [0.05, 0.1) is 34.7 Å². The van der Waals surface area contributed by atoms with Crippen molar-refractivity contribution in [3.63, 3.8) is 0 Å². The van der Waals surface area contributed by atoms with Gasteiger partial charge >= 0.3 is 0 Å². The first-order chi connectivity index (χ1) is 16.0. The maximum absolute atomic E-state index is 13.7. The summed E-state index contributed by atoms with van der Waals surface area (Å²) in [5.74, 6) is -0.556. The Kier molecular flexibility index (Phi) is 6.60. The van der Waals surface area contributed by atoms with Crippen LogP contribution in [-0.4, -0.2) is 79.6 Å². The highest BCUT2D eigenvalue weighted by atomic mass is 35.5. The zero-order chi connectivity index (χ0) is 22.9. The molecule has 1 saturated carbocycles. The Bertz CT molecular complexity index is 1000. The Morgan fingerprint density at radius 3 is 2.85 bits per heavy atom. The van der Waals surface area contributed by atoms with Crippen molar-refractivity contribution in [2.45, 2.75) is 61.8 Å². The van der Waals surface area contributed by atoms with Crippen molar-refractivity contribution in [2.75, 3.05) is 13.2 Å². The molecule has 5 atom stereocenters. The molecule has 2 N–H and O–H groups in total. The molecule has 11 heteroatoms. The molecule has 0 radical (unpaired) electrons. The molecule has 2 saturated heterocycles. The highest BCUT2D eigenvalue weighted by Crippen LogP contribution is 2.35. The third-order valence-corrected chi connectivity index (χ3v) is 8.17. The number of thiazole rings is 1. The zero-order valence-corrected chi connectivity index (χ0v) is 19.5. The van der Waals surface area contributed by atoms with Crippen LogP contribution in [0.2, 0.25) is 0 Å². The minimum absolute atomic E-state index is 0.0313. The predicted octanol–water partition coefficient (Wildman–Crippen LogP) is 1.86. The minimum atomic E-state index is -0.778. The zero-order valence-electron chi connectivity index (χ0n) is 18.0. The number of ether oxygens (including phenoxy) is 1. The molecule has 0 aromatic carbocycles. The van der Waals surface area contributed by atoms with Crippen molar-refractivity contribution in [2.24, 2.45) is 5.92 Å². The number of aromatic nitrogens is 3. The van der Waals surface area contributed by atoms with E-state index in [0.717, 1.165) is 37.0 Å². The normalized spacial score (nSPS) is 28.5. The van der Waals surface area contributed by atoms with Crippen LogP contribution in [0.5, 0.6) is 0 Å². The van der Waals surface area contributed by atoms with Crippen molar-refractivity contribution in [1.29, 1.82) is 0 Å². The number of alkyl halides is 1. The highest BCUT2D eigenvalue weighted by Gasteiger charge is 2.53. The standard InChI is InChI=1S/C22H26ClN5O4S/c23-13-9-28(18-15(29)10-32-19(13)18)22(31)17(12-4-2-1-3-5-12)27-20(30)21-25-8-16(33-21)14-6-7-24-11-26-14/h6-8,11-13,15,17-19,29H,1-5,9-10H2,(H,27,30)/t13-,15-,17-,18+,19+/m0/s1. The lowest BCUT2D eigenvalue weighted by atomic mass is 9.83. The monoisotopic (exact) mass is 491 g/mol. The fourth-order valence-electron chi connectivity index (χ4n) is 5.14. The van der Waals surface area contributed by atoms with Gasteiger partial charge in [-0.05, 0) is 24.8 Å². The maximum Gasteiger partial charge on any atom is 0.280 e. The second-order valence-electron chi connectivity index (χ2n) is 8.84. The molecule has 0 spiro atoms. The lowest BCUT2D eigenvalue weighted by Crippen LogP contribution is -2.56. The van der Waals surface area contributed by atoms with Crippen LogP contribution in [-0.2, 0) is 9.53 Å². The second-order valence-corrected chi connectivity index (χ2v) is 10.4. The van der Waals surface area contributed by atoms with Crippen LogP contribution in [0.3, 0.4) is 0 Å². The van der Waals surface area contributed by atoms with E-state index >= 15 is 0 Å². The lowest BCUT2D eigenvalue weighted by Gasteiger charge is -2.35. The van der Waals surface area contributed by atoms with Crippen molar-refractivity contribution in [1.82, 2.24) is 25.2 Å². The van der Waals surface area contributed by atoms with E-state index in [1.165, 1.54) is 17.7 Å². The summed E-state index contributed by atoms with van der Waals surface area (Å²) in [5, 5.41) is 13.3. The number of aliphatic hydroxyl groups is 1. The van der Waals surface area contributed by atoms with Gasteiger partial charge in [0.2, 0.25) is 5.91 Å². The van der Waals surface area contributed by atoms with Crippen LogP contribution in [0.25, 0.3) is 10.6 Å². The van der Waals surface area contributed by atoms with Gasteiger partial charge < -0.3 is 20.1 Å². The number of nitrogens with zero attached hydrogens (tertiary/aromatic N) is 4. The Balaban J connectivity index is 1.36. The molecule has 9 nitrogen and oxygen atoms in total. The van der Waals surface area contributed by atoms with Crippen LogP contribution in [0.1, 0.15) is 41.9 Å². The van der Waals surface area contributed by atoms with Gasteiger partial charge in [0.25, 0.3) is 5.91 Å². The van der Waals surface area contributed by atoms with Gasteiger partial charge in [-0.25, -0.2) is 15.0 Å². The van der Waals surface area contributed by atoms with E-state index < -0.39 is 18.2 Å². The summed E-state index contributed by atoms with van der Waals surface area (Å²) < 4.78 is 5.62. The number of hydrogen-bond acceptors (Lipinski definition) is 8. The Morgan fingerprint density at radius 2 is 2.09 bits per heavy atom. The number of hydrogen-bond donors (Lipinski definition) is 2. The lowest BCUT2D eigenvalue weighted by molar-refractivity contribution is -0.137. The Morgan fingerprint density at radius 1 is 1.27 bits per heavy atom. The third kappa shape index (κ3) is 4.49. The van der Waals surface area contributed by atoms with Crippen LogP contribution < -0.4 is 5.32 Å². The summed E-state index contributed by atoms with van der Waals surface area (Å²) in [6.45, 7) is 0.453. The number of nitrogens with one attached hydrogen (secondary N) is 1. The van der Waals surface area contributed by atoms with Crippen LogP contribution >= 0.6 is 22.9 Å². The SMILES string of the molecule is O=C(N[C@H](C(=O)N1C[C@H](Cl)[C@H]2OC[C@H](O)[C@H]21)C1CCCCC1)c1ncc(-c2ccncn2)s1. The number of amides is 2. The minimum Gasteiger partial charge on any atom is -0.388 e. The van der Waals surface area contributed by atoms with E-state index in [2.05, 4.69) is 20.3 Å². The van der Waals surface area contributed by atoms with Gasteiger partial charge in [-0.15, -0.1) is 22.9 Å². The summed E-state index contributed by atoms with van der Waals surface area (Å²) >= 11 is 7.66. The number of fused-ring (bicyclic) bond motifs is 1. The average molecular weight is 492 g/mol. The summed E-state index contributed by atoms with van der Waals surface area (Å²) in [7, 11) is 0. The van der Waals surface area contributed by atoms with Gasteiger partial charge in [0, 0.05) is 18.9 Å². The maximum atomic E-state index is 13.7. The molecule has 0 unspecified atom stereocenters. The van der Waals surface area contributed by atoms with Crippen LogP contribution in [0.4, 0.5) is 0 Å². The Labute approximate surface area is 200 Å². The molecule has 0 bridgehead atoms. The van der Waals surface area contributed by atoms with E-state index in [-0.39, 0.29) is 40.8 Å². The molecule has 1 aliphatic carbocycles. The quantitative estimate of drug-likeness (QED) is 0.613. The number of rotatable bonds is 5.